The molecular weight excluding hydrogens is 237 g/mol. The minimum atomic E-state index is -0.905. The summed E-state index contributed by atoms with van der Waals surface area (Å²) in [6.45, 7) is 3.42. The molecule has 5 heteroatoms. The van der Waals surface area contributed by atoms with Crippen molar-refractivity contribution in [2.45, 2.75) is 32.7 Å². The van der Waals surface area contributed by atoms with Crippen molar-refractivity contribution in [2.75, 3.05) is 0 Å². The number of aliphatic carboxylic acids is 1. The summed E-state index contributed by atoms with van der Waals surface area (Å²) < 4.78 is 13.1. The number of amides is 1. The smallest absolute Gasteiger partial charge is 0.303 e. The van der Waals surface area contributed by atoms with Crippen molar-refractivity contribution in [2.24, 2.45) is 0 Å². The summed E-state index contributed by atoms with van der Waals surface area (Å²) in [5.41, 5.74) is 0.910. The first-order valence-corrected chi connectivity index (χ1v) is 5.68. The van der Waals surface area contributed by atoms with Gasteiger partial charge in [0.1, 0.15) is 5.82 Å². The standard InChI is InChI=1S/C13H16FNO3/c1-8-5-10(7-11(14)6-8)13(18)15-9(2)3-4-12(16)17/h5-7,9H,3-4H2,1-2H3,(H,15,18)(H,16,17). The molecule has 0 heterocycles. The van der Waals surface area contributed by atoms with Crippen LogP contribution in [0.2, 0.25) is 0 Å². The van der Waals surface area contributed by atoms with Crippen LogP contribution in [0.25, 0.3) is 0 Å². The monoisotopic (exact) mass is 253 g/mol. The number of rotatable bonds is 5. The van der Waals surface area contributed by atoms with Crippen molar-refractivity contribution in [1.82, 2.24) is 5.32 Å². The maximum absolute atomic E-state index is 13.1. The summed E-state index contributed by atoms with van der Waals surface area (Å²) >= 11 is 0. The van der Waals surface area contributed by atoms with Gasteiger partial charge in [0.05, 0.1) is 0 Å². The lowest BCUT2D eigenvalue weighted by Gasteiger charge is -2.13. The summed E-state index contributed by atoms with van der Waals surface area (Å²) in [7, 11) is 0. The topological polar surface area (TPSA) is 66.4 Å². The maximum Gasteiger partial charge on any atom is 0.303 e. The Labute approximate surface area is 105 Å². The van der Waals surface area contributed by atoms with E-state index < -0.39 is 17.7 Å². The van der Waals surface area contributed by atoms with Crippen LogP contribution >= 0.6 is 0 Å². The molecule has 1 aromatic carbocycles. The second-order valence-corrected chi connectivity index (χ2v) is 4.32. The molecule has 0 aliphatic carbocycles. The van der Waals surface area contributed by atoms with E-state index in [-0.39, 0.29) is 18.0 Å². The zero-order chi connectivity index (χ0) is 13.7. The summed E-state index contributed by atoms with van der Waals surface area (Å²) in [5.74, 6) is -1.76. The normalized spacial score (nSPS) is 11.9. The second kappa shape index (κ2) is 6.14. The van der Waals surface area contributed by atoms with Crippen molar-refractivity contribution in [3.63, 3.8) is 0 Å². The van der Waals surface area contributed by atoms with E-state index in [0.717, 1.165) is 6.07 Å². The first-order chi connectivity index (χ1) is 8.38. The molecule has 0 bridgehead atoms. The molecule has 0 saturated carbocycles. The Morgan fingerprint density at radius 1 is 1.39 bits per heavy atom. The van der Waals surface area contributed by atoms with E-state index in [9.17, 15) is 14.0 Å². The summed E-state index contributed by atoms with van der Waals surface area (Å²) in [6, 6.07) is 3.82. The van der Waals surface area contributed by atoms with Gasteiger partial charge in [0.2, 0.25) is 0 Å². The molecule has 0 spiro atoms. The summed E-state index contributed by atoms with van der Waals surface area (Å²) in [6.07, 6.45) is 0.332. The molecule has 1 aromatic rings. The van der Waals surface area contributed by atoms with E-state index in [1.165, 1.54) is 6.07 Å². The fraction of sp³-hybridized carbons (Fsp3) is 0.385. The predicted octanol–water partition coefficient (Wildman–Crippen LogP) is 2.12. The Hall–Kier alpha value is -1.91. The van der Waals surface area contributed by atoms with E-state index in [2.05, 4.69) is 5.32 Å². The Morgan fingerprint density at radius 3 is 2.61 bits per heavy atom. The van der Waals surface area contributed by atoms with Gasteiger partial charge in [-0.2, -0.15) is 0 Å². The lowest BCUT2D eigenvalue weighted by molar-refractivity contribution is -0.137. The Kier molecular flexibility index (Phi) is 4.83. The van der Waals surface area contributed by atoms with E-state index >= 15 is 0 Å². The predicted molar refractivity (Wildman–Crippen MR) is 64.9 cm³/mol. The third-order valence-corrected chi connectivity index (χ3v) is 2.47. The molecular formula is C13H16FNO3. The first-order valence-electron chi connectivity index (χ1n) is 5.68. The van der Waals surface area contributed by atoms with Gasteiger partial charge in [0, 0.05) is 18.0 Å². The third kappa shape index (κ3) is 4.53. The van der Waals surface area contributed by atoms with Gasteiger partial charge in [-0.15, -0.1) is 0 Å². The molecule has 18 heavy (non-hydrogen) atoms. The van der Waals surface area contributed by atoms with E-state index in [0.29, 0.717) is 12.0 Å². The molecule has 0 saturated heterocycles. The average Bonchev–Trinajstić information content (AvgIpc) is 2.25. The van der Waals surface area contributed by atoms with Crippen LogP contribution in [0.3, 0.4) is 0 Å². The lowest BCUT2D eigenvalue weighted by Crippen LogP contribution is -2.33. The molecule has 0 fully saturated rings. The first kappa shape index (κ1) is 14.2. The zero-order valence-corrected chi connectivity index (χ0v) is 10.4. The van der Waals surface area contributed by atoms with E-state index in [1.54, 1.807) is 19.9 Å². The van der Waals surface area contributed by atoms with Gasteiger partial charge >= 0.3 is 5.97 Å². The lowest BCUT2D eigenvalue weighted by atomic mass is 10.1. The van der Waals surface area contributed by atoms with E-state index in [1.807, 2.05) is 0 Å². The molecule has 1 atom stereocenters. The number of carboxylic acids is 1. The van der Waals surface area contributed by atoms with Crippen LogP contribution < -0.4 is 5.32 Å². The highest BCUT2D eigenvalue weighted by Gasteiger charge is 2.12. The SMILES string of the molecule is Cc1cc(F)cc(C(=O)NC(C)CCC(=O)O)c1. The number of carbonyl (C=O) groups is 2. The third-order valence-electron chi connectivity index (χ3n) is 2.47. The number of aryl methyl sites for hydroxylation is 1. The number of hydrogen-bond donors (Lipinski definition) is 2. The van der Waals surface area contributed by atoms with Gasteiger partial charge in [0.25, 0.3) is 5.91 Å². The summed E-state index contributed by atoms with van der Waals surface area (Å²) in [4.78, 5) is 22.2. The molecule has 0 aliphatic heterocycles. The summed E-state index contributed by atoms with van der Waals surface area (Å²) in [5, 5.41) is 11.2. The quantitative estimate of drug-likeness (QED) is 0.844. The van der Waals surface area contributed by atoms with Crippen LogP contribution in [-0.2, 0) is 4.79 Å². The molecule has 1 amide bonds. The molecule has 1 unspecified atom stereocenters. The van der Waals surface area contributed by atoms with Gasteiger partial charge in [-0.05, 0) is 44.0 Å². The van der Waals surface area contributed by atoms with Crippen molar-refractivity contribution in [3.05, 3.63) is 35.1 Å². The highest BCUT2D eigenvalue weighted by molar-refractivity contribution is 5.94. The molecule has 98 valence electrons. The van der Waals surface area contributed by atoms with Crippen LogP contribution in [-0.4, -0.2) is 23.0 Å². The number of carboxylic acid groups (broad SMARTS) is 1. The van der Waals surface area contributed by atoms with Crippen molar-refractivity contribution < 1.29 is 19.1 Å². The molecule has 0 aliphatic rings. The highest BCUT2D eigenvalue weighted by atomic mass is 19.1. The largest absolute Gasteiger partial charge is 0.481 e. The second-order valence-electron chi connectivity index (χ2n) is 4.32. The van der Waals surface area contributed by atoms with Gasteiger partial charge in [-0.1, -0.05) is 0 Å². The van der Waals surface area contributed by atoms with Crippen LogP contribution in [0.4, 0.5) is 4.39 Å². The van der Waals surface area contributed by atoms with Crippen LogP contribution in [0, 0.1) is 12.7 Å². The van der Waals surface area contributed by atoms with Crippen LogP contribution in [0.1, 0.15) is 35.7 Å². The molecule has 0 radical (unpaired) electrons. The van der Waals surface area contributed by atoms with Crippen LogP contribution in [0.15, 0.2) is 18.2 Å². The van der Waals surface area contributed by atoms with Gasteiger partial charge in [-0.3, -0.25) is 9.59 Å². The van der Waals surface area contributed by atoms with Gasteiger partial charge in [0.15, 0.2) is 0 Å². The number of carbonyl (C=O) groups excluding carboxylic acids is 1. The van der Waals surface area contributed by atoms with Gasteiger partial charge in [-0.25, -0.2) is 4.39 Å². The van der Waals surface area contributed by atoms with Crippen molar-refractivity contribution >= 4 is 11.9 Å². The fourth-order valence-corrected chi connectivity index (χ4v) is 1.59. The molecule has 1 rings (SSSR count). The van der Waals surface area contributed by atoms with Crippen molar-refractivity contribution in [1.29, 1.82) is 0 Å². The number of benzene rings is 1. The van der Waals surface area contributed by atoms with Crippen molar-refractivity contribution in [3.8, 4) is 0 Å². The fourth-order valence-electron chi connectivity index (χ4n) is 1.59. The molecule has 4 nitrogen and oxygen atoms in total. The van der Waals surface area contributed by atoms with Gasteiger partial charge < -0.3 is 10.4 Å². The van der Waals surface area contributed by atoms with E-state index in [4.69, 9.17) is 5.11 Å². The number of hydrogen-bond acceptors (Lipinski definition) is 2. The number of halogens is 1. The van der Waals surface area contributed by atoms with Crippen LogP contribution in [0.5, 0.6) is 0 Å². The zero-order valence-electron chi connectivity index (χ0n) is 10.4. The minimum absolute atomic E-state index is 0.0103. The Morgan fingerprint density at radius 2 is 2.06 bits per heavy atom. The highest BCUT2D eigenvalue weighted by Crippen LogP contribution is 2.09. The Bertz CT molecular complexity index is 439. The number of nitrogens with one attached hydrogen (secondary N) is 1. The maximum atomic E-state index is 13.1. The Balaban J connectivity index is 2.61. The molecule has 2 N–H and O–H groups in total. The molecule has 0 aromatic heterocycles. The minimum Gasteiger partial charge on any atom is -0.481 e. The average molecular weight is 253 g/mol.